The average molecular weight is 609 g/mol. The number of benzene rings is 2. The van der Waals surface area contributed by atoms with Crippen LogP contribution in [0.1, 0.15) is 64.0 Å². The van der Waals surface area contributed by atoms with Crippen molar-refractivity contribution in [3.05, 3.63) is 65.7 Å². The van der Waals surface area contributed by atoms with Crippen molar-refractivity contribution >= 4 is 23.8 Å². The largest absolute Gasteiger partial charge is 0.508 e. The molecule has 4 atom stereocenters. The van der Waals surface area contributed by atoms with E-state index in [0.717, 1.165) is 29.9 Å². The first-order valence-electron chi connectivity index (χ1n) is 15.5. The Kier molecular flexibility index (Phi) is 11.2. The molecule has 2 saturated heterocycles. The maximum Gasteiger partial charge on any atom is 0.433 e. The summed E-state index contributed by atoms with van der Waals surface area (Å²) in [5.41, 5.74) is 1.45. The predicted molar refractivity (Wildman–Crippen MR) is 163 cm³/mol. The number of nitrogens with zero attached hydrogens (tertiary/aromatic N) is 3. The van der Waals surface area contributed by atoms with E-state index in [9.17, 15) is 29.4 Å². The normalized spacial score (nSPS) is 20.9. The van der Waals surface area contributed by atoms with Crippen LogP contribution in [-0.4, -0.2) is 86.3 Å². The van der Waals surface area contributed by atoms with Gasteiger partial charge in [-0.2, -0.15) is 5.06 Å². The van der Waals surface area contributed by atoms with Crippen molar-refractivity contribution in [3.63, 3.8) is 0 Å². The van der Waals surface area contributed by atoms with Crippen molar-refractivity contribution in [1.82, 2.24) is 20.2 Å². The van der Waals surface area contributed by atoms with E-state index in [2.05, 4.69) is 19.2 Å². The maximum absolute atomic E-state index is 14.4. The number of carboxylic acid groups (broad SMARTS) is 1. The molecule has 2 aromatic rings. The molecule has 0 radical (unpaired) electrons. The average Bonchev–Trinajstić information content (AvgIpc) is 3.00. The van der Waals surface area contributed by atoms with E-state index >= 15 is 0 Å². The van der Waals surface area contributed by atoms with E-state index < -0.39 is 42.3 Å². The summed E-state index contributed by atoms with van der Waals surface area (Å²) in [5.74, 6) is -0.656. The lowest BCUT2D eigenvalue weighted by atomic mass is 9.95. The highest BCUT2D eigenvalue weighted by atomic mass is 16.7. The molecule has 3 N–H and O–H groups in total. The van der Waals surface area contributed by atoms with E-state index in [4.69, 9.17) is 4.84 Å². The highest BCUT2D eigenvalue weighted by Crippen LogP contribution is 2.32. The summed E-state index contributed by atoms with van der Waals surface area (Å²) in [6, 6.07) is 13.5. The molecule has 0 saturated carbocycles. The lowest BCUT2D eigenvalue weighted by Crippen LogP contribution is -2.75. The molecule has 0 aromatic heterocycles. The minimum atomic E-state index is -1.40. The third kappa shape index (κ3) is 7.88. The van der Waals surface area contributed by atoms with Crippen LogP contribution in [0.25, 0.3) is 0 Å². The molecular weight excluding hydrogens is 564 g/mol. The first kappa shape index (κ1) is 32.8. The summed E-state index contributed by atoms with van der Waals surface area (Å²) in [7, 11) is 0. The zero-order chi connectivity index (χ0) is 31.8. The van der Waals surface area contributed by atoms with Crippen molar-refractivity contribution in [2.75, 3.05) is 13.1 Å². The summed E-state index contributed by atoms with van der Waals surface area (Å²) in [5, 5.41) is 23.8. The number of carbonyl (C=O) groups excluding carboxylic acids is 3. The van der Waals surface area contributed by atoms with Crippen molar-refractivity contribution in [2.24, 2.45) is 5.92 Å². The minimum absolute atomic E-state index is 0.0550. The number of carbonyl (C=O) groups is 4. The number of hydroxylamine groups is 2. The quantitative estimate of drug-likeness (QED) is 0.293. The van der Waals surface area contributed by atoms with E-state index in [1.165, 1.54) is 21.9 Å². The molecule has 2 aliphatic rings. The van der Waals surface area contributed by atoms with Gasteiger partial charge in [0.15, 0.2) is 12.3 Å². The second-order valence-corrected chi connectivity index (χ2v) is 12.0. The highest BCUT2D eigenvalue weighted by molar-refractivity contribution is 5.95. The van der Waals surface area contributed by atoms with Crippen LogP contribution in [-0.2, 0) is 32.1 Å². The van der Waals surface area contributed by atoms with Gasteiger partial charge in [0.25, 0.3) is 5.91 Å². The summed E-state index contributed by atoms with van der Waals surface area (Å²) in [6.45, 7) is 6.50. The van der Waals surface area contributed by atoms with E-state index in [0.29, 0.717) is 30.9 Å². The Morgan fingerprint density at radius 2 is 1.64 bits per heavy atom. The number of rotatable bonds is 13. The van der Waals surface area contributed by atoms with Crippen molar-refractivity contribution in [2.45, 2.75) is 90.1 Å². The second-order valence-electron chi connectivity index (χ2n) is 12.0. The van der Waals surface area contributed by atoms with Crippen LogP contribution >= 0.6 is 0 Å². The van der Waals surface area contributed by atoms with E-state index in [1.807, 2.05) is 37.3 Å². The molecule has 2 aliphatic heterocycles. The standard InChI is InChI=1S/C33H44N4O7/c1-4-5-13-26(30(39)34-18-9-10-22(2)3)35-21-29-36(27(31(35)40)19-24-14-16-25(38)17-15-24)32(41)28(44-37(29)33(42)43)20-23-11-7-6-8-12-23/h6-8,11-12,14-17,22,26-29,38H,4-5,9-10,13,18-21H2,1-3H3,(H,34,39)(H,42,43). The number of hydrogen-bond donors (Lipinski definition) is 3. The van der Waals surface area contributed by atoms with Crippen LogP contribution in [0.15, 0.2) is 54.6 Å². The third-order valence-electron chi connectivity index (χ3n) is 8.21. The molecule has 238 valence electrons. The molecule has 0 bridgehead atoms. The van der Waals surface area contributed by atoms with Gasteiger partial charge in [-0.25, -0.2) is 4.79 Å². The molecule has 2 heterocycles. The third-order valence-corrected chi connectivity index (χ3v) is 8.21. The summed E-state index contributed by atoms with van der Waals surface area (Å²) in [4.78, 5) is 63.1. The van der Waals surface area contributed by atoms with E-state index in [-0.39, 0.29) is 31.0 Å². The van der Waals surface area contributed by atoms with Gasteiger partial charge in [-0.15, -0.1) is 0 Å². The number of phenols is 1. The number of aromatic hydroxyl groups is 1. The van der Waals surface area contributed by atoms with Gasteiger partial charge in [0.1, 0.15) is 17.8 Å². The van der Waals surface area contributed by atoms with Gasteiger partial charge in [0.05, 0.1) is 6.54 Å². The summed E-state index contributed by atoms with van der Waals surface area (Å²) >= 11 is 0. The van der Waals surface area contributed by atoms with Crippen LogP contribution in [0.2, 0.25) is 0 Å². The molecular formula is C33H44N4O7. The fourth-order valence-corrected chi connectivity index (χ4v) is 5.89. The number of phenolic OH excluding ortho intramolecular Hbond substituents is 1. The maximum atomic E-state index is 14.4. The Bertz CT molecular complexity index is 1290. The molecule has 2 aromatic carbocycles. The smallest absolute Gasteiger partial charge is 0.433 e. The van der Waals surface area contributed by atoms with Crippen LogP contribution in [0.3, 0.4) is 0 Å². The fourth-order valence-electron chi connectivity index (χ4n) is 5.89. The first-order chi connectivity index (χ1) is 21.1. The fraction of sp³-hybridized carbons (Fsp3) is 0.515. The second kappa shape index (κ2) is 15.1. The monoisotopic (exact) mass is 608 g/mol. The lowest BCUT2D eigenvalue weighted by Gasteiger charge is -2.53. The predicted octanol–water partition coefficient (Wildman–Crippen LogP) is 3.95. The van der Waals surface area contributed by atoms with Gasteiger partial charge >= 0.3 is 6.09 Å². The molecule has 44 heavy (non-hydrogen) atoms. The topological polar surface area (TPSA) is 140 Å². The molecule has 4 unspecified atom stereocenters. The van der Waals surface area contributed by atoms with Crippen LogP contribution in [0, 0.1) is 5.92 Å². The Labute approximate surface area is 258 Å². The Morgan fingerprint density at radius 1 is 0.955 bits per heavy atom. The highest BCUT2D eigenvalue weighted by Gasteiger charge is 2.54. The molecule has 4 amide bonds. The van der Waals surface area contributed by atoms with Crippen LogP contribution in [0.4, 0.5) is 4.79 Å². The van der Waals surface area contributed by atoms with Gasteiger partial charge < -0.3 is 25.3 Å². The minimum Gasteiger partial charge on any atom is -0.508 e. The molecule has 2 fully saturated rings. The molecule has 0 aliphatic carbocycles. The van der Waals surface area contributed by atoms with Crippen LogP contribution in [0.5, 0.6) is 5.75 Å². The molecule has 11 nitrogen and oxygen atoms in total. The Morgan fingerprint density at radius 3 is 2.27 bits per heavy atom. The lowest BCUT2D eigenvalue weighted by molar-refractivity contribution is -0.265. The van der Waals surface area contributed by atoms with Gasteiger partial charge in [-0.3, -0.25) is 19.2 Å². The van der Waals surface area contributed by atoms with Gasteiger partial charge in [-0.1, -0.05) is 76.1 Å². The van der Waals surface area contributed by atoms with E-state index in [1.54, 1.807) is 12.1 Å². The first-order valence-corrected chi connectivity index (χ1v) is 15.5. The Hall–Kier alpha value is -4.12. The number of piperazine rings is 1. The number of hydrogen-bond acceptors (Lipinski definition) is 6. The van der Waals surface area contributed by atoms with Gasteiger partial charge in [-0.05, 0) is 48.4 Å². The SMILES string of the molecule is CCCCC(C(=O)NCCCC(C)C)N1CC2N(C(=O)O)OC(Cc3ccccc3)C(=O)N2C(Cc2ccc(O)cc2)C1=O. The van der Waals surface area contributed by atoms with Crippen molar-refractivity contribution in [1.29, 1.82) is 0 Å². The molecule has 0 spiro atoms. The number of fused-ring (bicyclic) bond motifs is 1. The molecule has 11 heteroatoms. The van der Waals surface area contributed by atoms with Crippen molar-refractivity contribution in [3.8, 4) is 5.75 Å². The molecule has 4 rings (SSSR count). The van der Waals surface area contributed by atoms with Crippen LogP contribution < -0.4 is 5.32 Å². The van der Waals surface area contributed by atoms with Crippen molar-refractivity contribution < 1.29 is 34.2 Å². The van der Waals surface area contributed by atoms with Gasteiger partial charge in [0, 0.05) is 19.4 Å². The Balaban J connectivity index is 1.69. The number of amides is 4. The summed E-state index contributed by atoms with van der Waals surface area (Å²) in [6.07, 6.45) is 0.116. The van der Waals surface area contributed by atoms with Gasteiger partial charge in [0.2, 0.25) is 11.8 Å². The zero-order valence-electron chi connectivity index (χ0n) is 25.7. The zero-order valence-corrected chi connectivity index (χ0v) is 25.7. The summed E-state index contributed by atoms with van der Waals surface area (Å²) < 4.78 is 0. The number of nitrogens with one attached hydrogen (secondary N) is 1. The number of unbranched alkanes of at least 4 members (excludes halogenated alkanes) is 1.